The van der Waals surface area contributed by atoms with Gasteiger partial charge in [0.05, 0.1) is 5.69 Å². The van der Waals surface area contributed by atoms with E-state index in [9.17, 15) is 0 Å². The van der Waals surface area contributed by atoms with Gasteiger partial charge in [0.2, 0.25) is 0 Å². The molecule has 0 saturated carbocycles. The van der Waals surface area contributed by atoms with Crippen molar-refractivity contribution in [2.45, 2.75) is 51.6 Å². The van der Waals surface area contributed by atoms with Crippen molar-refractivity contribution in [3.05, 3.63) is 150 Å². The maximum atomic E-state index is 2.79. The van der Waals surface area contributed by atoms with Crippen molar-refractivity contribution in [3.8, 4) is 11.1 Å². The fourth-order valence-corrected chi connectivity index (χ4v) is 12.9. The highest BCUT2D eigenvalue weighted by Gasteiger charge is 2.51. The highest BCUT2D eigenvalue weighted by atomic mass is 28.3. The summed E-state index contributed by atoms with van der Waals surface area (Å²) >= 11 is 0. The second-order valence-corrected chi connectivity index (χ2v) is 20.1. The van der Waals surface area contributed by atoms with Crippen molar-refractivity contribution < 1.29 is 0 Å². The fourth-order valence-electron chi connectivity index (χ4n) is 9.96. The molecular weight excluding hydrogens is 595 g/mol. The van der Waals surface area contributed by atoms with E-state index < -0.39 is 8.07 Å². The minimum Gasteiger partial charge on any atom is -0.377 e. The predicted octanol–water partition coefficient (Wildman–Crippen LogP) is 8.50. The van der Waals surface area contributed by atoms with Crippen molar-refractivity contribution in [2.24, 2.45) is 0 Å². The third-order valence-electron chi connectivity index (χ3n) is 12.3. The lowest BCUT2D eigenvalue weighted by Gasteiger charge is -2.51. The Morgan fingerprint density at radius 3 is 1.92 bits per heavy atom. The van der Waals surface area contributed by atoms with Crippen molar-refractivity contribution in [1.82, 2.24) is 0 Å². The van der Waals surface area contributed by atoms with E-state index in [0.717, 1.165) is 0 Å². The Kier molecular flexibility index (Phi) is 5.42. The maximum absolute atomic E-state index is 2.79. The summed E-state index contributed by atoms with van der Waals surface area (Å²) in [4.78, 5) is 5.36. The van der Waals surface area contributed by atoms with Crippen LogP contribution in [0.2, 0.25) is 13.1 Å². The lowest BCUT2D eigenvalue weighted by molar-refractivity contribution is 0.632. The molecule has 0 radical (unpaired) electrons. The van der Waals surface area contributed by atoms with Crippen LogP contribution in [0.1, 0.15) is 49.9 Å². The highest BCUT2D eigenvalue weighted by molar-refractivity contribution is 7.04. The van der Waals surface area contributed by atoms with Gasteiger partial charge in [-0.15, -0.1) is 0 Å². The molecule has 0 saturated heterocycles. The number of hydrogen-bond donors (Lipinski definition) is 0. The van der Waals surface area contributed by atoms with Crippen LogP contribution in [0.4, 0.5) is 28.4 Å². The molecule has 0 spiro atoms. The first kappa shape index (κ1) is 28.2. The van der Waals surface area contributed by atoms with E-state index in [4.69, 9.17) is 0 Å². The zero-order valence-electron chi connectivity index (χ0n) is 28.6. The summed E-state index contributed by atoms with van der Waals surface area (Å²) in [6, 6.07) is 48.7. The van der Waals surface area contributed by atoms with E-state index in [-0.39, 0.29) is 17.7 Å². The summed E-state index contributed by atoms with van der Waals surface area (Å²) in [5.74, 6) is 0. The van der Waals surface area contributed by atoms with Gasteiger partial charge >= 0.3 is 6.85 Å². The number of anilines is 5. The number of rotatable bonds is 1. The summed E-state index contributed by atoms with van der Waals surface area (Å²) in [5.41, 5.74) is 17.6. The van der Waals surface area contributed by atoms with Crippen LogP contribution < -0.4 is 31.0 Å². The van der Waals surface area contributed by atoms with E-state index in [0.29, 0.717) is 0 Å². The Hall–Kier alpha value is -4.80. The van der Waals surface area contributed by atoms with Crippen molar-refractivity contribution in [1.29, 1.82) is 0 Å². The lowest BCUT2D eigenvalue weighted by Crippen LogP contribution is -2.67. The van der Waals surface area contributed by atoms with Crippen LogP contribution in [0, 0.1) is 0 Å². The molecule has 0 unspecified atom stereocenters. The molecule has 0 amide bonds. The second-order valence-electron chi connectivity index (χ2n) is 15.7. The fraction of sp³-hybridized carbons (Fsp3) is 0.182. The van der Waals surface area contributed by atoms with Crippen LogP contribution in [0.5, 0.6) is 0 Å². The molecule has 1 aliphatic carbocycles. The van der Waals surface area contributed by atoms with E-state index in [2.05, 4.69) is 178 Å². The van der Waals surface area contributed by atoms with Crippen LogP contribution in [0.25, 0.3) is 11.1 Å². The third kappa shape index (κ3) is 3.29. The second kappa shape index (κ2) is 9.21. The molecule has 0 bridgehead atoms. The third-order valence-corrected chi connectivity index (χ3v) is 15.8. The molecule has 6 aromatic rings. The van der Waals surface area contributed by atoms with E-state index >= 15 is 0 Å². The van der Waals surface area contributed by atoms with Crippen LogP contribution in [-0.4, -0.2) is 14.9 Å². The largest absolute Gasteiger partial charge is 0.377 e. The Balaban J connectivity index is 1.34. The number of fused-ring (bicyclic) bond motifs is 10. The van der Waals surface area contributed by atoms with Crippen LogP contribution in [-0.2, 0) is 10.8 Å². The number of para-hydroxylation sites is 4. The summed E-state index contributed by atoms with van der Waals surface area (Å²) in [6.45, 7) is 14.8. The normalized spacial score (nSPS) is 17.8. The molecule has 48 heavy (non-hydrogen) atoms. The molecule has 0 atom stereocenters. The van der Waals surface area contributed by atoms with Gasteiger partial charge in [0.15, 0.2) is 0 Å². The number of nitrogens with zero attached hydrogens (tertiary/aromatic N) is 2. The Morgan fingerprint density at radius 2 is 1.10 bits per heavy atom. The summed E-state index contributed by atoms with van der Waals surface area (Å²) in [6.07, 6.45) is 0. The molecular formula is C44H39BN2Si. The first-order valence-electron chi connectivity index (χ1n) is 17.4. The van der Waals surface area contributed by atoms with Crippen LogP contribution in [0.15, 0.2) is 127 Å². The molecule has 3 aliphatic heterocycles. The first-order valence-corrected chi connectivity index (χ1v) is 20.4. The number of hydrogen-bond acceptors (Lipinski definition) is 2. The van der Waals surface area contributed by atoms with Gasteiger partial charge in [0.1, 0.15) is 8.07 Å². The van der Waals surface area contributed by atoms with Gasteiger partial charge < -0.3 is 9.71 Å². The maximum Gasteiger partial charge on any atom is 0.332 e. The van der Waals surface area contributed by atoms with Crippen molar-refractivity contribution >= 4 is 64.7 Å². The van der Waals surface area contributed by atoms with Gasteiger partial charge in [-0.3, -0.25) is 0 Å². The standard InChI is InChI=1S/C44H39BN2Si/c1-43(2)31-18-9-11-22-35(31)46-36-23-12-10-20-33(36)45(34-21-15-19-32(43)41(34)46)47-37-24-13-14-25-38(37)48(5,6)39-27-26-29-28-16-7-8-17-30(28)44(3,4)40(29)42(39)47/h7-27H,1-6H3. The molecule has 232 valence electrons. The summed E-state index contributed by atoms with van der Waals surface area (Å²) < 4.78 is 0. The monoisotopic (exact) mass is 634 g/mol. The Bertz CT molecular complexity index is 2370. The van der Waals surface area contributed by atoms with Gasteiger partial charge in [0, 0.05) is 33.6 Å². The first-order chi connectivity index (χ1) is 23.1. The van der Waals surface area contributed by atoms with Gasteiger partial charge in [-0.25, -0.2) is 0 Å². The smallest absolute Gasteiger partial charge is 0.332 e. The highest BCUT2D eigenvalue weighted by Crippen LogP contribution is 2.56. The molecule has 10 rings (SSSR count). The SMILES string of the molecule is CC1(C)c2ccccc2N2c3ccccc3B(N3c4ccccc4[Si](C)(C)c4ccc5c(c43)C(C)(C)c3ccccc3-5)c3cccc1c32. The molecule has 2 nitrogen and oxygen atoms in total. The zero-order valence-corrected chi connectivity index (χ0v) is 29.6. The number of benzene rings is 6. The average Bonchev–Trinajstić information content (AvgIpc) is 3.33. The summed E-state index contributed by atoms with van der Waals surface area (Å²) in [5, 5.41) is 3.05. The molecule has 3 heterocycles. The van der Waals surface area contributed by atoms with Gasteiger partial charge in [0.25, 0.3) is 0 Å². The lowest BCUT2D eigenvalue weighted by atomic mass is 9.45. The Labute approximate surface area is 285 Å². The predicted molar refractivity (Wildman–Crippen MR) is 208 cm³/mol. The average molecular weight is 635 g/mol. The molecule has 4 heteroatoms. The zero-order chi connectivity index (χ0) is 32.7. The topological polar surface area (TPSA) is 6.48 Å². The Morgan fingerprint density at radius 1 is 0.479 bits per heavy atom. The minimum absolute atomic E-state index is 0.00414. The van der Waals surface area contributed by atoms with E-state index in [1.165, 1.54) is 83.1 Å². The molecule has 0 aromatic heterocycles. The molecule has 0 N–H and O–H groups in total. The van der Waals surface area contributed by atoms with Crippen molar-refractivity contribution in [3.63, 3.8) is 0 Å². The van der Waals surface area contributed by atoms with E-state index in [1.807, 2.05) is 0 Å². The summed E-state index contributed by atoms with van der Waals surface area (Å²) in [7, 11) is -2.07. The quantitative estimate of drug-likeness (QED) is 0.168. The molecule has 4 aliphatic rings. The van der Waals surface area contributed by atoms with Crippen molar-refractivity contribution in [2.75, 3.05) is 9.71 Å². The van der Waals surface area contributed by atoms with Crippen LogP contribution in [0.3, 0.4) is 0 Å². The van der Waals surface area contributed by atoms with Gasteiger partial charge in [-0.1, -0.05) is 150 Å². The molecule has 0 fully saturated rings. The minimum atomic E-state index is -2.07. The van der Waals surface area contributed by atoms with Gasteiger partial charge in [-0.2, -0.15) is 0 Å². The van der Waals surface area contributed by atoms with Crippen LogP contribution >= 0.6 is 0 Å². The molecule has 6 aromatic carbocycles. The van der Waals surface area contributed by atoms with E-state index in [1.54, 1.807) is 0 Å². The van der Waals surface area contributed by atoms with Gasteiger partial charge in [-0.05, 0) is 72.9 Å².